The van der Waals surface area contributed by atoms with Gasteiger partial charge in [-0.05, 0) is 6.92 Å². The second-order valence-electron chi connectivity index (χ2n) is 13.5. The molecule has 0 bridgehead atoms. The Bertz CT molecular complexity index is 2210. The summed E-state index contributed by atoms with van der Waals surface area (Å²) < 4.78 is 96.7. The minimum atomic E-state index is -4.82. The van der Waals surface area contributed by atoms with E-state index in [-0.39, 0.29) is 42.5 Å². The van der Waals surface area contributed by atoms with Crippen LogP contribution >= 0.6 is 22.6 Å². The fraction of sp³-hybridized carbons (Fsp3) is 0.400. The van der Waals surface area contributed by atoms with Gasteiger partial charge in [0.05, 0.1) is 0 Å². The molecule has 1 saturated carbocycles. The van der Waals surface area contributed by atoms with Gasteiger partial charge >= 0.3 is 309 Å². The summed E-state index contributed by atoms with van der Waals surface area (Å²) in [6, 6.07) is 12.6. The Morgan fingerprint density at radius 3 is 2.36 bits per heavy atom. The molecule has 1 amide bonds. The zero-order valence-corrected chi connectivity index (χ0v) is 34.6. The zero-order valence-electron chi connectivity index (χ0n) is 28.5. The maximum absolute atomic E-state index is 14.9. The summed E-state index contributed by atoms with van der Waals surface area (Å²) in [5.41, 5.74) is 0.252. The maximum atomic E-state index is 14.9. The van der Waals surface area contributed by atoms with Crippen LogP contribution in [0.25, 0.3) is 11.0 Å². The Balaban J connectivity index is 1.35. The van der Waals surface area contributed by atoms with Crippen molar-refractivity contribution in [3.05, 3.63) is 83.4 Å². The molecule has 1 saturated heterocycles. The summed E-state index contributed by atoms with van der Waals surface area (Å²) in [4.78, 5) is 33.6. The van der Waals surface area contributed by atoms with Gasteiger partial charge in [-0.2, -0.15) is 0 Å². The van der Waals surface area contributed by atoms with Crippen molar-refractivity contribution in [2.75, 3.05) is 29.8 Å². The van der Waals surface area contributed by atoms with Gasteiger partial charge in [-0.15, -0.1) is 0 Å². The van der Waals surface area contributed by atoms with Crippen LogP contribution in [0.2, 0.25) is 3.07 Å². The molecule has 53 heavy (non-hydrogen) atoms. The molecule has 1 aliphatic heterocycles. The number of fused-ring (bicyclic) bond motifs is 1. The average molecular weight is 1070 g/mol. The molecule has 1 aliphatic carbocycles. The average Bonchev–Trinajstić information content (AvgIpc) is 3.67. The number of amides is 1. The molecule has 1 aromatic heterocycles. The van der Waals surface area contributed by atoms with Crippen molar-refractivity contribution in [3.63, 3.8) is 0 Å². The van der Waals surface area contributed by atoms with Crippen molar-refractivity contribution in [2.24, 2.45) is 13.0 Å². The molecule has 283 valence electrons. The Morgan fingerprint density at radius 1 is 1.09 bits per heavy atom. The van der Waals surface area contributed by atoms with Crippen LogP contribution in [-0.2, 0) is 32.8 Å². The van der Waals surface area contributed by atoms with Gasteiger partial charge in [0.15, 0.2) is 0 Å². The number of rotatable bonds is 8. The molecule has 0 spiro atoms. The number of aromatic nitrogens is 2. The molecule has 10 nitrogen and oxygen atoms in total. The number of imidazole rings is 1. The standard InChI is InChI=1S/C35H34F5IN5O5S.Po/c1-19-42-29-15-24(9-11-30(29)44(19)2)52(50,51)45(3)23-7-4-20(5-8-23)25-16-34(41,46-13-12-22(36)18-46)17-26(31(25)33(48)49)32(47)43-28-10-6-21(14-27(28)37)35(38,39)40;/h4-11,14-15,22,25-26H,12-13,16-18H2,1-3H3,(H,43,47)(H,48,49);/t22-,25+,26+,34+;/m0./s1. The fourth-order valence-corrected chi connectivity index (χ4v) is 11.4. The molecule has 2 N–H and O–H groups in total. The van der Waals surface area contributed by atoms with Crippen LogP contribution in [0.15, 0.2) is 65.6 Å². The van der Waals surface area contributed by atoms with E-state index in [0.717, 1.165) is 15.9 Å². The van der Waals surface area contributed by atoms with Crippen molar-refractivity contribution in [1.29, 1.82) is 0 Å². The van der Waals surface area contributed by atoms with Gasteiger partial charge in [-0.1, -0.05) is 0 Å². The first-order chi connectivity index (χ1) is 24.7. The van der Waals surface area contributed by atoms with Crippen molar-refractivity contribution >= 4 is 92.0 Å². The number of benzene rings is 3. The number of nitrogens with zero attached hydrogens (tertiary/aromatic N) is 4. The number of hydrogen-bond acceptors (Lipinski definition) is 6. The molecule has 3 aromatic carbocycles. The van der Waals surface area contributed by atoms with Gasteiger partial charge in [0.2, 0.25) is 0 Å². The van der Waals surface area contributed by atoms with Crippen LogP contribution in [0.3, 0.4) is 0 Å². The van der Waals surface area contributed by atoms with E-state index in [4.69, 9.17) is 0 Å². The van der Waals surface area contributed by atoms with Crippen LogP contribution < -0.4 is 9.62 Å². The van der Waals surface area contributed by atoms with E-state index >= 15 is 0 Å². The normalized spacial score (nSPS) is 25.4. The topological polar surface area (TPSA) is 125 Å². The third-order valence-corrected chi connectivity index (χ3v) is 16.6. The van der Waals surface area contributed by atoms with Gasteiger partial charge in [-0.3, -0.25) is 0 Å². The molecule has 18 heteroatoms. The summed E-state index contributed by atoms with van der Waals surface area (Å²) in [6.07, 6.45) is -5.58. The Hall–Kier alpha value is -2.94. The van der Waals surface area contributed by atoms with Crippen LogP contribution in [0.5, 0.6) is 0 Å². The molecule has 2 fully saturated rings. The van der Waals surface area contributed by atoms with Gasteiger partial charge in [0, 0.05) is 7.05 Å². The summed E-state index contributed by atoms with van der Waals surface area (Å²) in [5, 5.41) is 13.2. The molecular weight excluding hydrogens is 1030 g/mol. The fourth-order valence-electron chi connectivity index (χ4n) is 7.23. The number of carbonyl (C=O) groups is 2. The number of aliphatic carboxylic acids is 1. The number of carbonyl (C=O) groups excluding carboxylic acids is 1. The predicted molar refractivity (Wildman–Crippen MR) is 197 cm³/mol. The van der Waals surface area contributed by atoms with Crippen molar-refractivity contribution < 1.29 is 45.1 Å². The first-order valence-electron chi connectivity index (χ1n) is 16.4. The van der Waals surface area contributed by atoms with E-state index in [9.17, 15) is 45.1 Å². The third kappa shape index (κ3) is 7.29. The third-order valence-electron chi connectivity index (χ3n) is 10.4. The van der Waals surface area contributed by atoms with Crippen LogP contribution in [0, 0.1) is 18.7 Å². The van der Waals surface area contributed by atoms with Crippen LogP contribution in [0.4, 0.5) is 33.3 Å². The SMILES string of the molecule is Cc1nc2cc(S(=O)(=O)N(C)c3ccc([C@H]4C[C@@](I)(N5CC[C@H](F)C5)C[C@@H](C(=O)Nc5ccc(C(F)(F)F)cc5F)[C@@]4([Po])C(=O)O)cc3)ccc2n1C. The van der Waals surface area contributed by atoms with E-state index in [1.54, 1.807) is 18.2 Å². The number of carboxylic acid groups (broad SMARTS) is 1. The van der Waals surface area contributed by atoms with Gasteiger partial charge in [0.1, 0.15) is 5.82 Å². The minimum Gasteiger partial charge on any atom is -0.331 e. The Morgan fingerprint density at radius 2 is 1.77 bits per heavy atom. The summed E-state index contributed by atoms with van der Waals surface area (Å²) in [6.45, 7) is 2.21. The number of hydrogen-bond donors (Lipinski definition) is 2. The molecular formula is C35H34F5IN5O5PoS. The van der Waals surface area contributed by atoms with Crippen molar-refractivity contribution in [1.82, 2.24) is 14.5 Å². The molecule has 6 rings (SSSR count). The predicted octanol–water partition coefficient (Wildman–Crippen LogP) is 6.58. The first kappa shape index (κ1) is 39.7. The quantitative estimate of drug-likeness (QED) is 0.0885. The van der Waals surface area contributed by atoms with Gasteiger partial charge < -0.3 is 4.57 Å². The van der Waals surface area contributed by atoms with E-state index in [2.05, 4.69) is 32.9 Å². The van der Waals surface area contributed by atoms with Crippen molar-refractivity contribution in [3.8, 4) is 0 Å². The number of likely N-dealkylation sites (tertiary alicyclic amines) is 1. The van der Waals surface area contributed by atoms with E-state index < -0.39 is 69.8 Å². The number of aryl methyl sites for hydroxylation is 2. The van der Waals surface area contributed by atoms with E-state index in [1.807, 2.05) is 23.4 Å². The molecule has 1 radical (unpaired) electrons. The van der Waals surface area contributed by atoms with E-state index in [0.29, 0.717) is 54.6 Å². The number of alkyl halides is 5. The molecule has 5 atom stereocenters. The number of halogens is 6. The number of anilines is 2. The summed E-state index contributed by atoms with van der Waals surface area (Å²) in [5.74, 6) is -5.01. The monoisotopic (exact) mass is 1070 g/mol. The second-order valence-corrected chi connectivity index (χ2v) is 20.1. The van der Waals surface area contributed by atoms with Gasteiger partial charge in [-0.25, -0.2) is 0 Å². The number of carboxylic acids is 1. The number of nitrogens with one attached hydrogen (secondary N) is 1. The second kappa shape index (κ2) is 14.3. The minimum absolute atomic E-state index is 0.0221. The summed E-state index contributed by atoms with van der Waals surface area (Å²) >= 11 is 2.63. The zero-order chi connectivity index (χ0) is 38.8. The van der Waals surface area contributed by atoms with Gasteiger partial charge in [0.25, 0.3) is 0 Å². The van der Waals surface area contributed by atoms with Crippen molar-refractivity contribution in [2.45, 2.75) is 56.0 Å². The number of sulfonamides is 1. The molecule has 4 aromatic rings. The van der Waals surface area contributed by atoms with E-state index in [1.165, 1.54) is 31.3 Å². The van der Waals surface area contributed by atoms with Crippen LogP contribution in [-0.4, -0.2) is 94.8 Å². The molecule has 0 unspecified atom stereocenters. The van der Waals surface area contributed by atoms with Crippen LogP contribution in [0.1, 0.15) is 42.1 Å². The Kier molecular flexibility index (Phi) is 10.7. The smallest absolute Gasteiger partial charge is 0.331 e. The molecule has 2 aliphatic rings. The Labute approximate surface area is 331 Å². The first-order valence-corrected chi connectivity index (χ1v) is 20.5. The summed E-state index contributed by atoms with van der Waals surface area (Å²) in [7, 11) is -0.837. The molecule has 2 heterocycles.